The molecule has 84 valence electrons. The molecule has 2 rings (SSSR count). The van der Waals surface area contributed by atoms with E-state index in [2.05, 4.69) is 10.3 Å². The second kappa shape index (κ2) is 4.91. The molecule has 0 unspecified atom stereocenters. The molecule has 0 amide bonds. The van der Waals surface area contributed by atoms with Gasteiger partial charge in [0.2, 0.25) is 0 Å². The Kier molecular flexibility index (Phi) is 3.33. The first-order chi connectivity index (χ1) is 7.75. The van der Waals surface area contributed by atoms with Crippen molar-refractivity contribution in [3.63, 3.8) is 0 Å². The minimum atomic E-state index is -0.874. The molecule has 0 saturated carbocycles. The monoisotopic (exact) mass is 238 g/mol. The van der Waals surface area contributed by atoms with Gasteiger partial charge in [-0.1, -0.05) is 0 Å². The average molecular weight is 238 g/mol. The summed E-state index contributed by atoms with van der Waals surface area (Å²) in [6.07, 6.45) is 1.60. The fourth-order valence-electron chi connectivity index (χ4n) is 1.20. The van der Waals surface area contributed by atoms with Crippen LogP contribution in [0.25, 0.3) is 10.8 Å². The molecule has 0 spiro atoms. The third-order valence-corrected chi connectivity index (χ3v) is 2.77. The molecule has 16 heavy (non-hydrogen) atoms. The lowest BCUT2D eigenvalue weighted by atomic mass is 10.4. The minimum Gasteiger partial charge on any atom is -0.480 e. The maximum absolute atomic E-state index is 10.3. The van der Waals surface area contributed by atoms with Gasteiger partial charge in [-0.2, -0.15) is 0 Å². The highest BCUT2D eigenvalue weighted by molar-refractivity contribution is 7.13. The molecule has 2 N–H and O–H groups in total. The van der Waals surface area contributed by atoms with E-state index in [4.69, 9.17) is 9.52 Å². The number of hydrogen-bond acceptors (Lipinski definition) is 5. The maximum Gasteiger partial charge on any atom is 0.317 e. The summed E-state index contributed by atoms with van der Waals surface area (Å²) < 4.78 is 5.21. The quantitative estimate of drug-likeness (QED) is 0.827. The van der Waals surface area contributed by atoms with Gasteiger partial charge in [0.15, 0.2) is 10.8 Å². The first-order valence-electron chi connectivity index (χ1n) is 4.66. The number of aliphatic carboxylic acids is 1. The number of rotatable bonds is 5. The van der Waals surface area contributed by atoms with Crippen molar-refractivity contribution in [2.75, 3.05) is 6.54 Å². The molecule has 0 radical (unpaired) electrons. The molecular weight excluding hydrogens is 228 g/mol. The van der Waals surface area contributed by atoms with Crippen molar-refractivity contribution in [3.05, 3.63) is 29.5 Å². The lowest BCUT2D eigenvalue weighted by Crippen LogP contribution is -2.21. The highest BCUT2D eigenvalue weighted by atomic mass is 32.1. The summed E-state index contributed by atoms with van der Waals surface area (Å²) in [5, 5.41) is 13.9. The van der Waals surface area contributed by atoms with Crippen LogP contribution in [0.5, 0.6) is 0 Å². The molecule has 0 atom stereocenters. The number of thiazole rings is 1. The summed E-state index contributed by atoms with van der Waals surface area (Å²) >= 11 is 1.47. The Morgan fingerprint density at radius 3 is 3.19 bits per heavy atom. The summed E-state index contributed by atoms with van der Waals surface area (Å²) in [6.45, 7) is 0.386. The van der Waals surface area contributed by atoms with Crippen LogP contribution in [-0.4, -0.2) is 22.6 Å². The summed E-state index contributed by atoms with van der Waals surface area (Å²) in [6, 6.07) is 3.65. The molecule has 6 heteroatoms. The van der Waals surface area contributed by atoms with E-state index in [1.54, 1.807) is 12.3 Å². The highest BCUT2D eigenvalue weighted by Crippen LogP contribution is 2.23. The molecule has 0 saturated heterocycles. The Balaban J connectivity index is 1.95. The lowest BCUT2D eigenvalue weighted by Gasteiger charge is -1.96. The third-order valence-electron chi connectivity index (χ3n) is 1.87. The Labute approximate surface area is 95.7 Å². The zero-order valence-electron chi connectivity index (χ0n) is 8.34. The fourth-order valence-corrected chi connectivity index (χ4v) is 1.99. The van der Waals surface area contributed by atoms with Gasteiger partial charge in [0.25, 0.3) is 0 Å². The SMILES string of the molecule is O=C(O)CNCc1csc(-c2ccco2)n1. The van der Waals surface area contributed by atoms with E-state index in [1.807, 2.05) is 11.4 Å². The van der Waals surface area contributed by atoms with Crippen molar-refractivity contribution in [3.8, 4) is 10.8 Å². The Bertz CT molecular complexity index is 464. The number of carbonyl (C=O) groups is 1. The standard InChI is InChI=1S/C10H10N2O3S/c13-9(14)5-11-4-7-6-16-10(12-7)8-2-1-3-15-8/h1-3,6,11H,4-5H2,(H,13,14). The van der Waals surface area contributed by atoms with Gasteiger partial charge in [0.1, 0.15) is 0 Å². The predicted octanol–water partition coefficient (Wildman–Crippen LogP) is 1.58. The molecule has 0 aromatic carbocycles. The van der Waals surface area contributed by atoms with Crippen molar-refractivity contribution in [1.82, 2.24) is 10.3 Å². The zero-order chi connectivity index (χ0) is 11.4. The predicted molar refractivity (Wildman–Crippen MR) is 59.2 cm³/mol. The van der Waals surface area contributed by atoms with Gasteiger partial charge in [-0.3, -0.25) is 4.79 Å². The van der Waals surface area contributed by atoms with Crippen LogP contribution < -0.4 is 5.32 Å². The van der Waals surface area contributed by atoms with Crippen LogP contribution in [0, 0.1) is 0 Å². The van der Waals surface area contributed by atoms with E-state index in [9.17, 15) is 4.79 Å². The summed E-state index contributed by atoms with van der Waals surface area (Å²) in [4.78, 5) is 14.6. The van der Waals surface area contributed by atoms with Crippen LogP contribution in [0.3, 0.4) is 0 Å². The average Bonchev–Trinajstić information content (AvgIpc) is 2.85. The van der Waals surface area contributed by atoms with Crippen LogP contribution in [-0.2, 0) is 11.3 Å². The van der Waals surface area contributed by atoms with Gasteiger partial charge in [-0.05, 0) is 12.1 Å². The number of nitrogens with one attached hydrogen (secondary N) is 1. The Hall–Kier alpha value is -1.66. The van der Waals surface area contributed by atoms with Gasteiger partial charge in [0.05, 0.1) is 18.5 Å². The van der Waals surface area contributed by atoms with Gasteiger partial charge < -0.3 is 14.8 Å². The van der Waals surface area contributed by atoms with Crippen LogP contribution >= 0.6 is 11.3 Å². The van der Waals surface area contributed by atoms with E-state index in [1.165, 1.54) is 11.3 Å². The molecule has 5 nitrogen and oxygen atoms in total. The summed E-state index contributed by atoms with van der Waals surface area (Å²) in [5.74, 6) is -0.143. The zero-order valence-corrected chi connectivity index (χ0v) is 9.16. The largest absolute Gasteiger partial charge is 0.480 e. The van der Waals surface area contributed by atoms with Crippen LogP contribution in [0.2, 0.25) is 0 Å². The van der Waals surface area contributed by atoms with E-state index in [0.29, 0.717) is 6.54 Å². The van der Waals surface area contributed by atoms with Crippen molar-refractivity contribution < 1.29 is 14.3 Å². The van der Waals surface area contributed by atoms with Gasteiger partial charge in [0, 0.05) is 11.9 Å². The Morgan fingerprint density at radius 2 is 2.50 bits per heavy atom. The molecule has 2 aromatic heterocycles. The van der Waals surface area contributed by atoms with E-state index in [-0.39, 0.29) is 6.54 Å². The normalized spacial score (nSPS) is 10.5. The first-order valence-corrected chi connectivity index (χ1v) is 5.54. The highest BCUT2D eigenvalue weighted by Gasteiger charge is 2.06. The molecule has 0 bridgehead atoms. The van der Waals surface area contributed by atoms with Gasteiger partial charge >= 0.3 is 5.97 Å². The van der Waals surface area contributed by atoms with Crippen molar-refractivity contribution in [2.24, 2.45) is 0 Å². The molecule has 2 aromatic rings. The molecule has 2 heterocycles. The number of nitrogens with zero attached hydrogens (tertiary/aromatic N) is 1. The number of furan rings is 1. The molecule has 0 fully saturated rings. The maximum atomic E-state index is 10.3. The van der Waals surface area contributed by atoms with Crippen molar-refractivity contribution in [1.29, 1.82) is 0 Å². The van der Waals surface area contributed by atoms with Crippen LogP contribution in [0.4, 0.5) is 0 Å². The summed E-state index contributed by atoms with van der Waals surface area (Å²) in [5.41, 5.74) is 0.817. The molecule has 0 aliphatic rings. The molecule has 0 aliphatic carbocycles. The third kappa shape index (κ3) is 2.68. The van der Waals surface area contributed by atoms with Crippen LogP contribution in [0.1, 0.15) is 5.69 Å². The van der Waals surface area contributed by atoms with E-state index < -0.39 is 5.97 Å². The lowest BCUT2D eigenvalue weighted by molar-refractivity contribution is -0.135. The second-order valence-electron chi connectivity index (χ2n) is 3.12. The summed E-state index contributed by atoms with van der Waals surface area (Å²) in [7, 11) is 0. The minimum absolute atomic E-state index is 0.0619. The topological polar surface area (TPSA) is 75.4 Å². The number of carboxylic acids is 1. The fraction of sp³-hybridized carbons (Fsp3) is 0.200. The van der Waals surface area contributed by atoms with Crippen molar-refractivity contribution >= 4 is 17.3 Å². The molecule has 0 aliphatic heterocycles. The van der Waals surface area contributed by atoms with E-state index in [0.717, 1.165) is 16.5 Å². The number of aromatic nitrogens is 1. The Morgan fingerprint density at radius 1 is 1.62 bits per heavy atom. The van der Waals surface area contributed by atoms with Gasteiger partial charge in [-0.25, -0.2) is 4.98 Å². The number of hydrogen-bond donors (Lipinski definition) is 2. The van der Waals surface area contributed by atoms with Gasteiger partial charge in [-0.15, -0.1) is 11.3 Å². The number of carboxylic acid groups (broad SMARTS) is 1. The first kappa shape index (κ1) is 10.8. The van der Waals surface area contributed by atoms with E-state index >= 15 is 0 Å². The molecular formula is C10H10N2O3S. The smallest absolute Gasteiger partial charge is 0.317 e. The second-order valence-corrected chi connectivity index (χ2v) is 3.98. The van der Waals surface area contributed by atoms with Crippen LogP contribution in [0.15, 0.2) is 28.2 Å². The van der Waals surface area contributed by atoms with Crippen molar-refractivity contribution in [2.45, 2.75) is 6.54 Å².